The Labute approximate surface area is 127 Å². The molecule has 21 heavy (non-hydrogen) atoms. The number of benzene rings is 1. The van der Waals surface area contributed by atoms with Gasteiger partial charge < -0.3 is 5.32 Å². The normalized spacial score (nSPS) is 15.0. The molecule has 2 aromatic rings. The van der Waals surface area contributed by atoms with Crippen molar-refractivity contribution in [1.82, 2.24) is 10.3 Å². The van der Waals surface area contributed by atoms with Crippen LogP contribution in [0.1, 0.15) is 47.3 Å². The van der Waals surface area contributed by atoms with E-state index in [2.05, 4.69) is 47.6 Å². The maximum Gasteiger partial charge on any atom is 0.0376 e. The van der Waals surface area contributed by atoms with Crippen LogP contribution >= 0.6 is 0 Å². The van der Waals surface area contributed by atoms with Crippen molar-refractivity contribution in [2.75, 3.05) is 6.54 Å². The van der Waals surface area contributed by atoms with Gasteiger partial charge in [0, 0.05) is 17.9 Å². The van der Waals surface area contributed by atoms with Gasteiger partial charge in [-0.25, -0.2) is 0 Å². The van der Waals surface area contributed by atoms with E-state index in [1.165, 1.54) is 30.4 Å². The second kappa shape index (κ2) is 6.40. The molecule has 0 spiro atoms. The molecule has 3 rings (SSSR count). The third kappa shape index (κ3) is 3.33. The zero-order chi connectivity index (χ0) is 14.7. The molecule has 0 aliphatic heterocycles. The molecule has 2 heteroatoms. The number of aryl methyl sites for hydroxylation is 3. The van der Waals surface area contributed by atoms with Gasteiger partial charge in [-0.1, -0.05) is 31.2 Å². The molecule has 0 bridgehead atoms. The van der Waals surface area contributed by atoms with Crippen LogP contribution in [-0.4, -0.2) is 11.5 Å². The third-order valence-electron chi connectivity index (χ3n) is 4.39. The summed E-state index contributed by atoms with van der Waals surface area (Å²) in [5, 5.41) is 3.59. The maximum atomic E-state index is 4.44. The average Bonchev–Trinajstić information content (AvgIpc) is 2.95. The van der Waals surface area contributed by atoms with E-state index < -0.39 is 0 Å². The van der Waals surface area contributed by atoms with Crippen molar-refractivity contribution in [2.45, 2.75) is 45.6 Å². The highest BCUT2D eigenvalue weighted by molar-refractivity contribution is 5.36. The fraction of sp³-hybridized carbons (Fsp3) is 0.421. The van der Waals surface area contributed by atoms with E-state index in [0.29, 0.717) is 6.04 Å². The van der Waals surface area contributed by atoms with Crippen LogP contribution in [0.25, 0.3) is 0 Å². The lowest BCUT2D eigenvalue weighted by atomic mass is 9.97. The van der Waals surface area contributed by atoms with Gasteiger partial charge in [0.2, 0.25) is 0 Å². The summed E-state index contributed by atoms with van der Waals surface area (Å²) in [4.78, 5) is 4.44. The summed E-state index contributed by atoms with van der Waals surface area (Å²) in [5.41, 5.74) is 6.90. The number of nitrogens with one attached hydrogen (secondary N) is 1. The monoisotopic (exact) mass is 280 g/mol. The summed E-state index contributed by atoms with van der Waals surface area (Å²) in [6, 6.07) is 11.7. The Morgan fingerprint density at radius 2 is 2.00 bits per heavy atom. The summed E-state index contributed by atoms with van der Waals surface area (Å²) in [7, 11) is 0. The van der Waals surface area contributed by atoms with E-state index in [4.69, 9.17) is 0 Å². The number of hydrogen-bond acceptors (Lipinski definition) is 2. The van der Waals surface area contributed by atoms with Crippen molar-refractivity contribution in [3.63, 3.8) is 0 Å². The Morgan fingerprint density at radius 3 is 2.76 bits per heavy atom. The average molecular weight is 280 g/mol. The number of rotatable bonds is 5. The first-order valence-corrected chi connectivity index (χ1v) is 8.03. The molecule has 1 aromatic carbocycles. The van der Waals surface area contributed by atoms with Crippen LogP contribution in [0.15, 0.2) is 36.5 Å². The molecule has 2 nitrogen and oxygen atoms in total. The smallest absolute Gasteiger partial charge is 0.0376 e. The Hall–Kier alpha value is -1.67. The molecule has 1 unspecified atom stereocenters. The Bertz CT molecular complexity index is 601. The van der Waals surface area contributed by atoms with E-state index in [9.17, 15) is 0 Å². The van der Waals surface area contributed by atoms with Gasteiger partial charge in [-0.05, 0) is 67.5 Å². The molecule has 1 atom stereocenters. The Balaban J connectivity index is 1.80. The number of aromatic nitrogens is 1. The molecule has 0 saturated carbocycles. The second-order valence-corrected chi connectivity index (χ2v) is 6.00. The van der Waals surface area contributed by atoms with Crippen molar-refractivity contribution in [3.8, 4) is 0 Å². The predicted octanol–water partition coefficient (Wildman–Crippen LogP) is 3.77. The molecular formula is C19H24N2. The summed E-state index contributed by atoms with van der Waals surface area (Å²) < 4.78 is 0. The fourth-order valence-electron chi connectivity index (χ4n) is 3.23. The first-order valence-electron chi connectivity index (χ1n) is 8.03. The maximum absolute atomic E-state index is 4.44. The van der Waals surface area contributed by atoms with E-state index in [1.807, 2.05) is 13.1 Å². The zero-order valence-corrected chi connectivity index (χ0v) is 13.0. The van der Waals surface area contributed by atoms with Gasteiger partial charge in [-0.15, -0.1) is 0 Å². The summed E-state index contributed by atoms with van der Waals surface area (Å²) >= 11 is 0. The van der Waals surface area contributed by atoms with Gasteiger partial charge in [-0.3, -0.25) is 4.98 Å². The fourth-order valence-corrected chi connectivity index (χ4v) is 3.23. The van der Waals surface area contributed by atoms with Crippen LogP contribution in [0.5, 0.6) is 0 Å². The first-order chi connectivity index (χ1) is 10.3. The van der Waals surface area contributed by atoms with E-state index in [-0.39, 0.29) is 0 Å². The van der Waals surface area contributed by atoms with Crippen LogP contribution in [-0.2, 0) is 19.3 Å². The van der Waals surface area contributed by atoms with Crippen LogP contribution < -0.4 is 5.32 Å². The molecule has 0 saturated heterocycles. The molecule has 1 aliphatic carbocycles. The lowest BCUT2D eigenvalue weighted by Gasteiger charge is -2.19. The van der Waals surface area contributed by atoms with Gasteiger partial charge in [-0.2, -0.15) is 0 Å². The lowest BCUT2D eigenvalue weighted by Crippen LogP contribution is -2.23. The third-order valence-corrected chi connectivity index (χ3v) is 4.39. The quantitative estimate of drug-likeness (QED) is 0.901. The van der Waals surface area contributed by atoms with Crippen molar-refractivity contribution in [1.29, 1.82) is 0 Å². The minimum atomic E-state index is 0.350. The molecule has 1 aromatic heterocycles. The highest BCUT2D eigenvalue weighted by atomic mass is 14.9. The SMILES string of the molecule is CCNC(Cc1ccc2c(c1)CCC2)c1ccc(C)nc1. The zero-order valence-electron chi connectivity index (χ0n) is 13.0. The van der Waals surface area contributed by atoms with Crippen molar-refractivity contribution in [3.05, 3.63) is 64.5 Å². The molecule has 0 fully saturated rings. The molecule has 1 aliphatic rings. The van der Waals surface area contributed by atoms with Crippen molar-refractivity contribution < 1.29 is 0 Å². The number of nitrogens with zero attached hydrogens (tertiary/aromatic N) is 1. The molecule has 0 amide bonds. The first kappa shape index (κ1) is 14.3. The number of hydrogen-bond donors (Lipinski definition) is 1. The number of likely N-dealkylation sites (N-methyl/N-ethyl adjacent to an activating group) is 1. The van der Waals surface area contributed by atoms with Crippen LogP contribution in [0.3, 0.4) is 0 Å². The van der Waals surface area contributed by atoms with Gasteiger partial charge in [0.15, 0.2) is 0 Å². The Morgan fingerprint density at radius 1 is 1.14 bits per heavy atom. The van der Waals surface area contributed by atoms with Gasteiger partial charge in [0.25, 0.3) is 0 Å². The van der Waals surface area contributed by atoms with Crippen LogP contribution in [0, 0.1) is 6.92 Å². The van der Waals surface area contributed by atoms with E-state index >= 15 is 0 Å². The second-order valence-electron chi connectivity index (χ2n) is 6.00. The number of pyridine rings is 1. The summed E-state index contributed by atoms with van der Waals surface area (Å²) in [6.45, 7) is 5.17. The van der Waals surface area contributed by atoms with Gasteiger partial charge >= 0.3 is 0 Å². The summed E-state index contributed by atoms with van der Waals surface area (Å²) in [5.74, 6) is 0. The lowest BCUT2D eigenvalue weighted by molar-refractivity contribution is 0.548. The minimum Gasteiger partial charge on any atom is -0.310 e. The van der Waals surface area contributed by atoms with E-state index in [1.54, 1.807) is 11.1 Å². The standard InChI is InChI=1S/C19H24N2/c1-3-20-19(18-9-7-14(2)21-13-18)12-15-8-10-16-5-4-6-17(16)11-15/h7-11,13,19-20H,3-6,12H2,1-2H3. The number of fused-ring (bicyclic) bond motifs is 1. The largest absolute Gasteiger partial charge is 0.310 e. The molecule has 1 N–H and O–H groups in total. The van der Waals surface area contributed by atoms with Gasteiger partial charge in [0.1, 0.15) is 0 Å². The predicted molar refractivity (Wildman–Crippen MR) is 87.6 cm³/mol. The minimum absolute atomic E-state index is 0.350. The molecule has 110 valence electrons. The molecule has 0 radical (unpaired) electrons. The summed E-state index contributed by atoms with van der Waals surface area (Å²) in [6.07, 6.45) is 6.87. The Kier molecular flexibility index (Phi) is 4.35. The van der Waals surface area contributed by atoms with Crippen LogP contribution in [0.4, 0.5) is 0 Å². The van der Waals surface area contributed by atoms with E-state index in [0.717, 1.165) is 18.7 Å². The van der Waals surface area contributed by atoms with Gasteiger partial charge in [0.05, 0.1) is 0 Å². The van der Waals surface area contributed by atoms with Crippen molar-refractivity contribution in [2.24, 2.45) is 0 Å². The molecular weight excluding hydrogens is 256 g/mol. The van der Waals surface area contributed by atoms with Crippen LogP contribution in [0.2, 0.25) is 0 Å². The highest BCUT2D eigenvalue weighted by Gasteiger charge is 2.15. The topological polar surface area (TPSA) is 24.9 Å². The van der Waals surface area contributed by atoms with Crippen molar-refractivity contribution >= 4 is 0 Å². The highest BCUT2D eigenvalue weighted by Crippen LogP contribution is 2.25. The molecule has 1 heterocycles.